The number of carbonyl (C=O) groups is 3. The van der Waals surface area contributed by atoms with E-state index < -0.39 is 18.5 Å². The smallest absolute Gasteiger partial charge is 0.406 e. The minimum absolute atomic E-state index is 0.0190. The van der Waals surface area contributed by atoms with Gasteiger partial charge in [-0.25, -0.2) is 4.39 Å². The maximum absolute atomic E-state index is 15.1. The molecule has 2 aliphatic heterocycles. The molecule has 2 saturated heterocycles. The topological polar surface area (TPSA) is 83.0 Å². The van der Waals surface area contributed by atoms with Crippen molar-refractivity contribution in [3.63, 3.8) is 0 Å². The molecule has 3 fully saturated rings. The molecule has 1 amide bonds. The fourth-order valence-corrected chi connectivity index (χ4v) is 6.23. The largest absolute Gasteiger partial charge is 0.573 e. The van der Waals surface area contributed by atoms with Crippen LogP contribution in [0, 0.1) is 11.8 Å². The summed E-state index contributed by atoms with van der Waals surface area (Å²) in [5, 5.41) is 0. The molecule has 1 unspecified atom stereocenters. The zero-order valence-electron chi connectivity index (χ0n) is 25.8. The maximum Gasteiger partial charge on any atom is 0.573 e. The number of piperazine rings is 1. The van der Waals surface area contributed by atoms with Gasteiger partial charge in [0.2, 0.25) is 0 Å². The number of halogens is 4. The van der Waals surface area contributed by atoms with E-state index in [1.165, 1.54) is 36.5 Å². The van der Waals surface area contributed by atoms with Gasteiger partial charge in [-0.3, -0.25) is 24.3 Å². The van der Waals surface area contributed by atoms with E-state index in [0.29, 0.717) is 51.3 Å². The Balaban J connectivity index is 0.947. The first-order valence-corrected chi connectivity index (χ1v) is 15.9. The highest BCUT2D eigenvalue weighted by molar-refractivity contribution is 5.99. The molecule has 0 bridgehead atoms. The van der Waals surface area contributed by atoms with Gasteiger partial charge in [-0.05, 0) is 85.8 Å². The van der Waals surface area contributed by atoms with E-state index in [9.17, 15) is 27.6 Å². The first-order chi connectivity index (χ1) is 22.5. The summed E-state index contributed by atoms with van der Waals surface area (Å²) in [6.07, 6.45) is -2.19. The Kier molecular flexibility index (Phi) is 9.58. The van der Waals surface area contributed by atoms with E-state index >= 15 is 4.39 Å². The number of ketones is 2. The van der Waals surface area contributed by atoms with Crippen molar-refractivity contribution in [2.75, 3.05) is 44.2 Å². The minimum atomic E-state index is -4.76. The van der Waals surface area contributed by atoms with Crippen molar-refractivity contribution < 1.29 is 36.7 Å². The zero-order valence-corrected chi connectivity index (χ0v) is 25.8. The number of piperidine rings is 1. The Morgan fingerprint density at radius 2 is 1.51 bits per heavy atom. The van der Waals surface area contributed by atoms with Crippen molar-refractivity contribution in [2.45, 2.75) is 44.8 Å². The first-order valence-electron chi connectivity index (χ1n) is 15.9. The Labute approximate surface area is 270 Å². The van der Waals surface area contributed by atoms with E-state index in [-0.39, 0.29) is 47.8 Å². The summed E-state index contributed by atoms with van der Waals surface area (Å²) >= 11 is 0. The third-order valence-electron chi connectivity index (χ3n) is 9.11. The van der Waals surface area contributed by atoms with E-state index in [2.05, 4.69) is 14.6 Å². The summed E-state index contributed by atoms with van der Waals surface area (Å²) < 4.78 is 56.1. The number of nitrogens with zero attached hydrogens (tertiary/aromatic N) is 4. The highest BCUT2D eigenvalue weighted by Crippen LogP contribution is 2.33. The van der Waals surface area contributed by atoms with Gasteiger partial charge in [0.15, 0.2) is 11.6 Å². The average molecular weight is 653 g/mol. The molecule has 2 atom stereocenters. The lowest BCUT2D eigenvalue weighted by atomic mass is 9.88. The van der Waals surface area contributed by atoms with Crippen LogP contribution in [0.15, 0.2) is 66.9 Å². The zero-order chi connectivity index (χ0) is 33.1. The van der Waals surface area contributed by atoms with Crippen molar-refractivity contribution in [2.24, 2.45) is 11.8 Å². The molecule has 3 aliphatic rings. The molecule has 0 spiro atoms. The number of hydrogen-bond donors (Lipinski definition) is 0. The molecule has 2 aromatic carbocycles. The predicted molar refractivity (Wildman–Crippen MR) is 166 cm³/mol. The normalized spacial score (nSPS) is 20.6. The number of alkyl halides is 4. The monoisotopic (exact) mass is 652 g/mol. The molecule has 8 nitrogen and oxygen atoms in total. The maximum atomic E-state index is 15.1. The van der Waals surface area contributed by atoms with E-state index in [1.54, 1.807) is 11.0 Å². The Morgan fingerprint density at radius 3 is 2.11 bits per heavy atom. The number of rotatable bonds is 10. The molecule has 47 heavy (non-hydrogen) atoms. The van der Waals surface area contributed by atoms with Crippen LogP contribution in [0.2, 0.25) is 0 Å². The van der Waals surface area contributed by atoms with Crippen molar-refractivity contribution >= 4 is 23.2 Å². The molecule has 3 heterocycles. The first kappa shape index (κ1) is 32.6. The third kappa shape index (κ3) is 8.34. The van der Waals surface area contributed by atoms with Crippen LogP contribution in [0.4, 0.5) is 23.2 Å². The molecule has 3 aromatic rings. The number of pyridine rings is 1. The highest BCUT2D eigenvalue weighted by Gasteiger charge is 2.33. The third-order valence-corrected chi connectivity index (χ3v) is 9.11. The van der Waals surface area contributed by atoms with Crippen LogP contribution in [0.1, 0.15) is 62.5 Å². The number of ether oxygens (including phenoxy) is 1. The lowest BCUT2D eigenvalue weighted by molar-refractivity contribution is -0.274. The van der Waals surface area contributed by atoms with Gasteiger partial charge in [0.05, 0.1) is 0 Å². The summed E-state index contributed by atoms with van der Waals surface area (Å²) in [4.78, 5) is 48.4. The number of hydrogen-bond acceptors (Lipinski definition) is 7. The van der Waals surface area contributed by atoms with Gasteiger partial charge >= 0.3 is 6.36 Å². The van der Waals surface area contributed by atoms with Crippen molar-refractivity contribution in [1.82, 2.24) is 14.8 Å². The van der Waals surface area contributed by atoms with Crippen molar-refractivity contribution in [3.05, 3.63) is 89.2 Å². The van der Waals surface area contributed by atoms with Crippen LogP contribution in [-0.2, 0) is 6.54 Å². The molecule has 0 N–H and O–H groups in total. The Bertz CT molecular complexity index is 1570. The van der Waals surface area contributed by atoms with Gasteiger partial charge in [0.1, 0.15) is 17.6 Å². The standard InChI is InChI=1S/C35H36F4N4O4/c36-30-22-41(21-23-1-10-29(11-2-23)47-35(37,38)39)14-13-26(30)19-32(44)27-7-12-31(40-20-27)34(46)43-17-15-42(16-18-43)28-8-5-25(6-9-28)33(45)24-3-4-24/h1-2,5-12,20,24,26,30H,3-4,13-19,21-22H2/t26?,30-/m1/s1. The molecule has 12 heteroatoms. The second-order valence-electron chi connectivity index (χ2n) is 12.5. The number of likely N-dealkylation sites (tertiary alicyclic amines) is 1. The van der Waals surface area contributed by atoms with Gasteiger partial charge in [-0.2, -0.15) is 0 Å². The minimum Gasteiger partial charge on any atom is -0.406 e. The molecular weight excluding hydrogens is 616 g/mol. The summed E-state index contributed by atoms with van der Waals surface area (Å²) in [7, 11) is 0. The van der Waals surface area contributed by atoms with Crippen LogP contribution in [0.3, 0.4) is 0 Å². The molecule has 1 aromatic heterocycles. The average Bonchev–Trinajstić information content (AvgIpc) is 3.92. The molecule has 0 radical (unpaired) electrons. The lowest BCUT2D eigenvalue weighted by Gasteiger charge is -2.36. The summed E-state index contributed by atoms with van der Waals surface area (Å²) in [6.45, 7) is 3.34. The van der Waals surface area contributed by atoms with Crippen LogP contribution in [0.25, 0.3) is 0 Å². The molecule has 6 rings (SSSR count). The Morgan fingerprint density at radius 1 is 0.830 bits per heavy atom. The fourth-order valence-electron chi connectivity index (χ4n) is 6.23. The quantitative estimate of drug-likeness (QED) is 0.197. The lowest BCUT2D eigenvalue weighted by Crippen LogP contribution is -2.49. The highest BCUT2D eigenvalue weighted by atomic mass is 19.4. The number of Topliss-reactive ketones (excluding diaryl/α,β-unsaturated/α-hetero) is 2. The van der Waals surface area contributed by atoms with Gasteiger partial charge < -0.3 is 14.5 Å². The predicted octanol–water partition coefficient (Wildman–Crippen LogP) is 5.97. The second-order valence-corrected chi connectivity index (χ2v) is 12.5. The van der Waals surface area contributed by atoms with Crippen LogP contribution in [0.5, 0.6) is 5.75 Å². The van der Waals surface area contributed by atoms with Gasteiger partial charge in [0.25, 0.3) is 5.91 Å². The van der Waals surface area contributed by atoms with Crippen LogP contribution in [-0.4, -0.2) is 84.1 Å². The molecule has 248 valence electrons. The number of aromatic nitrogens is 1. The number of benzene rings is 2. The van der Waals surface area contributed by atoms with E-state index in [0.717, 1.165) is 29.7 Å². The Hall–Kier alpha value is -4.32. The number of anilines is 1. The molecule has 1 aliphatic carbocycles. The SMILES string of the molecule is O=C(CC1CCN(Cc2ccc(OC(F)(F)F)cc2)C[C@H]1F)c1ccc(C(=O)N2CCN(c3ccc(C(=O)C4CC4)cc3)CC2)nc1. The second kappa shape index (κ2) is 13.8. The summed E-state index contributed by atoms with van der Waals surface area (Å²) in [5.74, 6) is -0.832. The van der Waals surface area contributed by atoms with Gasteiger partial charge in [0, 0.05) is 74.6 Å². The molecule has 1 saturated carbocycles. The summed E-state index contributed by atoms with van der Waals surface area (Å²) in [6, 6.07) is 16.3. The van der Waals surface area contributed by atoms with Gasteiger partial charge in [-0.15, -0.1) is 13.2 Å². The fraction of sp³-hybridized carbons (Fsp3) is 0.429. The van der Waals surface area contributed by atoms with E-state index in [1.807, 2.05) is 29.2 Å². The van der Waals surface area contributed by atoms with Gasteiger partial charge in [-0.1, -0.05) is 12.1 Å². The van der Waals surface area contributed by atoms with E-state index in [4.69, 9.17) is 0 Å². The van der Waals surface area contributed by atoms with Crippen molar-refractivity contribution in [3.8, 4) is 5.75 Å². The van der Waals surface area contributed by atoms with Crippen molar-refractivity contribution in [1.29, 1.82) is 0 Å². The molecular formula is C35H36F4N4O4. The number of amides is 1. The van der Waals surface area contributed by atoms with Crippen LogP contribution >= 0.6 is 0 Å². The number of carbonyl (C=O) groups excluding carboxylic acids is 3. The summed E-state index contributed by atoms with van der Waals surface area (Å²) in [5.41, 5.74) is 3.06. The van der Waals surface area contributed by atoms with Crippen LogP contribution < -0.4 is 9.64 Å².